The van der Waals surface area contributed by atoms with Crippen LogP contribution in [0.5, 0.6) is 5.75 Å². The van der Waals surface area contributed by atoms with Crippen LogP contribution in [0.1, 0.15) is 24.0 Å². The molecule has 0 radical (unpaired) electrons. The maximum Gasteiger partial charge on any atom is 0.326 e. The lowest BCUT2D eigenvalue weighted by atomic mass is 10.1. The van der Waals surface area contributed by atoms with E-state index in [2.05, 4.69) is 5.32 Å². The van der Waals surface area contributed by atoms with Gasteiger partial charge >= 0.3 is 5.97 Å². The molecule has 1 atom stereocenters. The first-order valence-corrected chi connectivity index (χ1v) is 8.31. The molecule has 0 aromatic heterocycles. The van der Waals surface area contributed by atoms with E-state index in [-0.39, 0.29) is 18.7 Å². The number of benzene rings is 2. The van der Waals surface area contributed by atoms with Gasteiger partial charge < -0.3 is 15.2 Å². The van der Waals surface area contributed by atoms with Gasteiger partial charge in [0.2, 0.25) is 5.91 Å². The normalized spacial score (nSPS) is 11.6. The molecule has 0 aliphatic heterocycles. The summed E-state index contributed by atoms with van der Waals surface area (Å²) in [5.41, 5.74) is 1.92. The standard InChI is InChI=1S/C20H23NO4/c1-15-8-5-6-11-18(15)25-13-7-12-19(22)21-17(20(23)24)14-16-9-3-2-4-10-16/h2-6,8-11,17H,7,12-14H2,1H3,(H,21,22)(H,23,24)/t17-/m0/s1. The van der Waals surface area contributed by atoms with Crippen molar-refractivity contribution < 1.29 is 19.4 Å². The third-order valence-electron chi connectivity index (χ3n) is 3.82. The van der Waals surface area contributed by atoms with E-state index in [1.807, 2.05) is 61.5 Å². The van der Waals surface area contributed by atoms with Gasteiger partial charge in [0.15, 0.2) is 0 Å². The number of hydrogen-bond acceptors (Lipinski definition) is 3. The Morgan fingerprint density at radius 1 is 1.08 bits per heavy atom. The van der Waals surface area contributed by atoms with E-state index in [9.17, 15) is 14.7 Å². The highest BCUT2D eigenvalue weighted by atomic mass is 16.5. The third-order valence-corrected chi connectivity index (χ3v) is 3.82. The van der Waals surface area contributed by atoms with Crippen molar-refractivity contribution in [1.82, 2.24) is 5.32 Å². The van der Waals surface area contributed by atoms with Crippen LogP contribution in [-0.4, -0.2) is 29.6 Å². The molecule has 0 aliphatic rings. The molecule has 0 aliphatic carbocycles. The number of ether oxygens (including phenoxy) is 1. The van der Waals surface area contributed by atoms with Crippen molar-refractivity contribution in [3.63, 3.8) is 0 Å². The van der Waals surface area contributed by atoms with E-state index >= 15 is 0 Å². The van der Waals surface area contributed by atoms with E-state index in [1.54, 1.807) is 0 Å². The molecule has 2 rings (SSSR count). The Hall–Kier alpha value is -2.82. The highest BCUT2D eigenvalue weighted by molar-refractivity contribution is 5.83. The van der Waals surface area contributed by atoms with Crippen LogP contribution >= 0.6 is 0 Å². The summed E-state index contributed by atoms with van der Waals surface area (Å²) in [5.74, 6) is -0.513. The van der Waals surface area contributed by atoms with Crippen molar-refractivity contribution in [2.24, 2.45) is 0 Å². The molecule has 2 N–H and O–H groups in total. The van der Waals surface area contributed by atoms with Crippen LogP contribution in [0, 0.1) is 6.92 Å². The summed E-state index contributed by atoms with van der Waals surface area (Å²) in [4.78, 5) is 23.3. The second kappa shape index (κ2) is 9.47. The number of aryl methyl sites for hydroxylation is 1. The van der Waals surface area contributed by atoms with Gasteiger partial charge in [0.25, 0.3) is 0 Å². The third kappa shape index (κ3) is 6.30. The first-order chi connectivity index (χ1) is 12.1. The van der Waals surface area contributed by atoms with Gasteiger partial charge in [0.1, 0.15) is 11.8 Å². The molecule has 2 aromatic rings. The molecule has 5 heteroatoms. The Kier molecular flexibility index (Phi) is 7.01. The fraction of sp³-hybridized carbons (Fsp3) is 0.300. The monoisotopic (exact) mass is 341 g/mol. The Morgan fingerprint density at radius 3 is 2.44 bits per heavy atom. The average molecular weight is 341 g/mol. The number of rotatable bonds is 9. The molecule has 0 fully saturated rings. The van der Waals surface area contributed by atoms with Crippen molar-refractivity contribution in [2.75, 3.05) is 6.61 Å². The first kappa shape index (κ1) is 18.5. The van der Waals surface area contributed by atoms with Gasteiger partial charge in [0, 0.05) is 12.8 Å². The quantitative estimate of drug-likeness (QED) is 0.688. The van der Waals surface area contributed by atoms with Gasteiger partial charge in [-0.25, -0.2) is 4.79 Å². The van der Waals surface area contributed by atoms with Crippen LogP contribution in [-0.2, 0) is 16.0 Å². The molecule has 0 unspecified atom stereocenters. The van der Waals surface area contributed by atoms with Gasteiger partial charge in [-0.3, -0.25) is 4.79 Å². The Bertz CT molecular complexity index is 700. The summed E-state index contributed by atoms with van der Waals surface area (Å²) >= 11 is 0. The van der Waals surface area contributed by atoms with Crippen LogP contribution < -0.4 is 10.1 Å². The minimum Gasteiger partial charge on any atom is -0.493 e. The lowest BCUT2D eigenvalue weighted by Gasteiger charge is -2.15. The highest BCUT2D eigenvalue weighted by Crippen LogP contribution is 2.16. The molecular weight excluding hydrogens is 318 g/mol. The molecule has 0 saturated heterocycles. The predicted molar refractivity (Wildman–Crippen MR) is 95.6 cm³/mol. The number of carbonyl (C=O) groups is 2. The molecule has 0 spiro atoms. The maximum atomic E-state index is 12.0. The van der Waals surface area contributed by atoms with Gasteiger partial charge in [-0.1, -0.05) is 48.5 Å². The predicted octanol–water partition coefficient (Wildman–Crippen LogP) is 2.97. The summed E-state index contributed by atoms with van der Waals surface area (Å²) in [6.07, 6.45) is 1.02. The topological polar surface area (TPSA) is 75.6 Å². The number of carbonyl (C=O) groups excluding carboxylic acids is 1. The Morgan fingerprint density at radius 2 is 1.76 bits per heavy atom. The molecule has 132 valence electrons. The zero-order valence-electron chi connectivity index (χ0n) is 14.3. The SMILES string of the molecule is Cc1ccccc1OCCCC(=O)N[C@@H](Cc1ccccc1)C(=O)O. The van der Waals surface area contributed by atoms with Gasteiger partial charge in [-0.2, -0.15) is 0 Å². The zero-order chi connectivity index (χ0) is 18.1. The van der Waals surface area contributed by atoms with Gasteiger partial charge in [-0.05, 0) is 30.5 Å². The molecule has 5 nitrogen and oxygen atoms in total. The summed E-state index contributed by atoms with van der Waals surface area (Å²) in [6, 6.07) is 16.0. The summed E-state index contributed by atoms with van der Waals surface area (Å²) in [7, 11) is 0. The van der Waals surface area contributed by atoms with Crippen molar-refractivity contribution in [3.05, 3.63) is 65.7 Å². The van der Waals surface area contributed by atoms with E-state index in [0.29, 0.717) is 13.0 Å². The highest BCUT2D eigenvalue weighted by Gasteiger charge is 2.20. The van der Waals surface area contributed by atoms with Crippen molar-refractivity contribution in [1.29, 1.82) is 0 Å². The molecule has 0 bridgehead atoms. The minimum absolute atomic E-state index is 0.227. The van der Waals surface area contributed by atoms with E-state index in [4.69, 9.17) is 4.74 Å². The summed E-state index contributed by atoms with van der Waals surface area (Å²) < 4.78 is 5.64. The fourth-order valence-corrected chi connectivity index (χ4v) is 2.45. The molecule has 0 saturated carbocycles. The molecule has 25 heavy (non-hydrogen) atoms. The number of aliphatic carboxylic acids is 1. The van der Waals surface area contributed by atoms with Crippen LogP contribution in [0.4, 0.5) is 0 Å². The first-order valence-electron chi connectivity index (χ1n) is 8.31. The lowest BCUT2D eigenvalue weighted by molar-refractivity contribution is -0.141. The number of carboxylic acids is 1. The number of nitrogens with one attached hydrogen (secondary N) is 1. The Labute approximate surface area is 147 Å². The molecule has 0 heterocycles. The average Bonchev–Trinajstić information content (AvgIpc) is 2.60. The largest absolute Gasteiger partial charge is 0.493 e. The van der Waals surface area contributed by atoms with E-state index in [0.717, 1.165) is 16.9 Å². The van der Waals surface area contributed by atoms with Crippen molar-refractivity contribution in [3.8, 4) is 5.75 Å². The van der Waals surface area contributed by atoms with Crippen LogP contribution in [0.2, 0.25) is 0 Å². The van der Waals surface area contributed by atoms with E-state index < -0.39 is 12.0 Å². The van der Waals surface area contributed by atoms with Gasteiger partial charge in [-0.15, -0.1) is 0 Å². The van der Waals surface area contributed by atoms with Crippen molar-refractivity contribution >= 4 is 11.9 Å². The summed E-state index contributed by atoms with van der Waals surface area (Å²) in [6.45, 7) is 2.37. The number of carboxylic acid groups (broad SMARTS) is 1. The molecule has 2 aromatic carbocycles. The van der Waals surface area contributed by atoms with Crippen LogP contribution in [0.15, 0.2) is 54.6 Å². The van der Waals surface area contributed by atoms with Crippen molar-refractivity contribution in [2.45, 2.75) is 32.2 Å². The number of para-hydroxylation sites is 1. The minimum atomic E-state index is -1.03. The maximum absolute atomic E-state index is 12.0. The smallest absolute Gasteiger partial charge is 0.326 e. The fourth-order valence-electron chi connectivity index (χ4n) is 2.45. The second-order valence-electron chi connectivity index (χ2n) is 5.87. The Balaban J connectivity index is 1.75. The molecule has 1 amide bonds. The zero-order valence-corrected chi connectivity index (χ0v) is 14.3. The second-order valence-corrected chi connectivity index (χ2v) is 5.87. The van der Waals surface area contributed by atoms with Gasteiger partial charge in [0.05, 0.1) is 6.61 Å². The summed E-state index contributed by atoms with van der Waals surface area (Å²) in [5, 5.41) is 11.9. The number of amides is 1. The molecular formula is C20H23NO4. The number of hydrogen-bond donors (Lipinski definition) is 2. The van der Waals surface area contributed by atoms with Crippen LogP contribution in [0.25, 0.3) is 0 Å². The lowest BCUT2D eigenvalue weighted by Crippen LogP contribution is -2.42. The van der Waals surface area contributed by atoms with Crippen LogP contribution in [0.3, 0.4) is 0 Å². The van der Waals surface area contributed by atoms with E-state index in [1.165, 1.54) is 0 Å².